The number of aliphatic carboxylic acids is 1. The fraction of sp³-hybridized carbons (Fsp3) is 0.514. The van der Waals surface area contributed by atoms with Crippen LogP contribution in [-0.4, -0.2) is 74.6 Å². The van der Waals surface area contributed by atoms with E-state index in [1.165, 1.54) is 16.2 Å². The second-order valence-corrected chi connectivity index (χ2v) is 14.8. The summed E-state index contributed by atoms with van der Waals surface area (Å²) < 4.78 is 12.2. The maximum Gasteiger partial charge on any atom is 0.408 e. The normalized spacial score (nSPS) is 28.6. The van der Waals surface area contributed by atoms with Gasteiger partial charge in [0.05, 0.1) is 33.9 Å². The summed E-state index contributed by atoms with van der Waals surface area (Å²) in [5.74, 6) is -1.62. The van der Waals surface area contributed by atoms with Crippen molar-refractivity contribution in [1.29, 1.82) is 0 Å². The van der Waals surface area contributed by atoms with Gasteiger partial charge in [0, 0.05) is 12.8 Å². The van der Waals surface area contributed by atoms with Crippen molar-refractivity contribution in [2.24, 2.45) is 11.3 Å². The number of ether oxygens (including phenoxy) is 2. The Morgan fingerprint density at radius 3 is 2.49 bits per heavy atom. The molecule has 49 heavy (non-hydrogen) atoms. The van der Waals surface area contributed by atoms with Crippen molar-refractivity contribution < 1.29 is 33.8 Å². The third kappa shape index (κ3) is 7.20. The van der Waals surface area contributed by atoms with Gasteiger partial charge in [-0.05, 0) is 80.9 Å². The topological polar surface area (TPSA) is 148 Å². The number of Topliss-reactive ketones (excluding diaryl/α,β-unsaturated/α-hetero) is 1. The molecule has 1 saturated heterocycles. The minimum atomic E-state index is -1.18. The van der Waals surface area contributed by atoms with E-state index in [0.717, 1.165) is 49.8 Å². The van der Waals surface area contributed by atoms with E-state index in [9.17, 15) is 24.3 Å². The molecule has 1 aromatic carbocycles. The number of hydrogen-bond acceptors (Lipinski definition) is 9. The van der Waals surface area contributed by atoms with E-state index in [0.29, 0.717) is 41.9 Å². The number of amides is 2. The summed E-state index contributed by atoms with van der Waals surface area (Å²) in [6.45, 7) is 0.0763. The lowest BCUT2D eigenvalue weighted by molar-refractivity contribution is -0.147. The molecule has 258 valence electrons. The molecule has 7 rings (SSSR count). The summed E-state index contributed by atoms with van der Waals surface area (Å²) in [6, 6.07) is 9.56. The van der Waals surface area contributed by atoms with Crippen molar-refractivity contribution in [2.75, 3.05) is 6.54 Å². The average molecular weight is 687 g/mol. The van der Waals surface area contributed by atoms with Crippen molar-refractivity contribution >= 4 is 46.1 Å². The third-order valence-corrected chi connectivity index (χ3v) is 11.3. The molecule has 2 aromatic heterocycles. The molecule has 0 radical (unpaired) electrons. The molecule has 11 nitrogen and oxygen atoms in total. The summed E-state index contributed by atoms with van der Waals surface area (Å²) in [5, 5.41) is 15.0. The Labute approximate surface area is 289 Å². The summed E-state index contributed by atoms with van der Waals surface area (Å²) >= 11 is 1.51. The Balaban J connectivity index is 1.19. The van der Waals surface area contributed by atoms with Crippen molar-refractivity contribution in [3.05, 3.63) is 53.9 Å². The van der Waals surface area contributed by atoms with Crippen LogP contribution in [0.1, 0.15) is 77.0 Å². The highest BCUT2D eigenvalue weighted by Crippen LogP contribution is 2.57. The van der Waals surface area contributed by atoms with Gasteiger partial charge in [-0.1, -0.05) is 43.2 Å². The number of ketones is 1. The van der Waals surface area contributed by atoms with E-state index in [1.807, 2.05) is 53.9 Å². The minimum Gasteiger partial charge on any atom is -0.481 e. The van der Waals surface area contributed by atoms with Gasteiger partial charge in [-0.25, -0.2) is 14.8 Å². The van der Waals surface area contributed by atoms with Gasteiger partial charge in [-0.3, -0.25) is 14.4 Å². The molecule has 1 unspecified atom stereocenters. The maximum absolute atomic E-state index is 14.4. The number of rotatable bonds is 6. The highest BCUT2D eigenvalue weighted by molar-refractivity contribution is 7.13. The first kappa shape index (κ1) is 33.2. The molecule has 12 heteroatoms. The predicted molar refractivity (Wildman–Crippen MR) is 183 cm³/mol. The van der Waals surface area contributed by atoms with Crippen LogP contribution in [-0.2, 0) is 19.1 Å². The Hall–Kier alpha value is -4.32. The Morgan fingerprint density at radius 1 is 0.959 bits per heavy atom. The smallest absolute Gasteiger partial charge is 0.408 e. The summed E-state index contributed by atoms with van der Waals surface area (Å²) in [7, 11) is 0. The second kappa shape index (κ2) is 14.3. The SMILES string of the molecule is O=C(N[C@H]1CCCCC/C=C\C2C[C@@]2(C(=O)O)CC(=O)[C@@H]2C[C@@H](Oc3nc4ccccc4nc3-c3cccs3)CN2C1=O)OC1CCCC1. The zero-order valence-corrected chi connectivity index (χ0v) is 28.2. The molecule has 5 atom stereocenters. The number of carboxylic acid groups (broad SMARTS) is 1. The largest absolute Gasteiger partial charge is 0.481 e. The molecular formula is C37H42N4O7S. The number of allylic oxidation sites excluding steroid dienone is 2. The Morgan fingerprint density at radius 2 is 1.73 bits per heavy atom. The van der Waals surface area contributed by atoms with Crippen LogP contribution in [0.4, 0.5) is 4.79 Å². The fourth-order valence-electron chi connectivity index (χ4n) is 7.61. The quantitative estimate of drug-likeness (QED) is 0.285. The summed E-state index contributed by atoms with van der Waals surface area (Å²) in [5.41, 5.74) is 0.759. The van der Waals surface area contributed by atoms with Gasteiger partial charge in [0.1, 0.15) is 23.9 Å². The number of para-hydroxylation sites is 2. The van der Waals surface area contributed by atoms with Gasteiger partial charge in [-0.15, -0.1) is 11.3 Å². The molecule has 2 aliphatic carbocycles. The number of benzene rings is 1. The summed E-state index contributed by atoms with van der Waals surface area (Å²) in [4.78, 5) is 66.1. The number of nitrogens with zero attached hydrogens (tertiary/aromatic N) is 3. The molecule has 4 aliphatic rings. The number of hydrogen-bond donors (Lipinski definition) is 2. The van der Waals surface area contributed by atoms with Gasteiger partial charge in [0.15, 0.2) is 5.78 Å². The third-order valence-electron chi connectivity index (χ3n) is 10.4. The number of nitrogens with one attached hydrogen (secondary N) is 1. The van der Waals surface area contributed by atoms with Crippen molar-refractivity contribution in [3.8, 4) is 16.5 Å². The molecule has 3 fully saturated rings. The Bertz CT molecular complexity index is 1740. The first-order valence-corrected chi connectivity index (χ1v) is 18.4. The maximum atomic E-state index is 14.4. The lowest BCUT2D eigenvalue weighted by atomic mass is 9.92. The van der Waals surface area contributed by atoms with Crippen LogP contribution in [0, 0.1) is 11.3 Å². The summed E-state index contributed by atoms with van der Waals surface area (Å²) in [6.07, 6.45) is 10.1. The van der Waals surface area contributed by atoms with Crippen LogP contribution in [0.2, 0.25) is 0 Å². The van der Waals surface area contributed by atoms with Gasteiger partial charge < -0.3 is 24.8 Å². The van der Waals surface area contributed by atoms with Gasteiger partial charge in [0.25, 0.3) is 0 Å². The molecule has 2 N–H and O–H groups in total. The van der Waals surface area contributed by atoms with E-state index < -0.39 is 35.7 Å². The van der Waals surface area contributed by atoms with Crippen LogP contribution in [0.25, 0.3) is 21.6 Å². The highest BCUT2D eigenvalue weighted by atomic mass is 32.1. The first-order valence-electron chi connectivity index (χ1n) is 17.5. The lowest BCUT2D eigenvalue weighted by Gasteiger charge is -2.29. The van der Waals surface area contributed by atoms with Gasteiger partial charge in [0.2, 0.25) is 11.8 Å². The van der Waals surface area contributed by atoms with E-state index in [4.69, 9.17) is 19.4 Å². The van der Waals surface area contributed by atoms with Crippen LogP contribution in [0.5, 0.6) is 5.88 Å². The molecular weight excluding hydrogens is 644 g/mol. The number of carboxylic acids is 1. The number of alkyl carbamates (subject to hydrolysis) is 1. The average Bonchev–Trinajstić information content (AvgIpc) is 3.58. The van der Waals surface area contributed by atoms with E-state index >= 15 is 0 Å². The first-order chi connectivity index (χ1) is 23.8. The van der Waals surface area contributed by atoms with Crippen molar-refractivity contribution in [3.63, 3.8) is 0 Å². The number of carbonyl (C=O) groups is 4. The fourth-order valence-corrected chi connectivity index (χ4v) is 8.31. The molecule has 2 aliphatic heterocycles. The molecule has 2 saturated carbocycles. The number of aromatic nitrogens is 2. The standard InChI is InChI=1S/C37H42N4O7S/c42-30-21-37(35(44)45)20-23(37)11-4-2-1-3-5-16-28(40-36(46)48-24-12-6-7-13-24)34(43)41-22-25(19-29(30)41)47-33-32(31-17-10-18-49-31)38-26-14-8-9-15-27(26)39-33/h4,8-11,14-15,17-18,23-25,28-29H,1-3,5-7,12-13,16,19-22H2,(H,40,46)(H,44,45)/b11-4-/t23?,25-,28+,29+,37-/m1/s1. The second-order valence-electron chi connectivity index (χ2n) is 13.8. The van der Waals surface area contributed by atoms with Crippen LogP contribution < -0.4 is 10.1 Å². The van der Waals surface area contributed by atoms with Crippen LogP contribution >= 0.6 is 11.3 Å². The van der Waals surface area contributed by atoms with Gasteiger partial charge in [-0.2, -0.15) is 0 Å². The Kier molecular flexibility index (Phi) is 9.66. The molecule has 0 spiro atoms. The number of carbonyl (C=O) groups excluding carboxylic acids is 3. The van der Waals surface area contributed by atoms with Gasteiger partial charge >= 0.3 is 12.1 Å². The number of thiophene rings is 1. The molecule has 2 amide bonds. The lowest BCUT2D eigenvalue weighted by Crippen LogP contribution is -2.52. The highest BCUT2D eigenvalue weighted by Gasteiger charge is 2.61. The number of fused-ring (bicyclic) bond motifs is 3. The zero-order valence-electron chi connectivity index (χ0n) is 27.4. The zero-order chi connectivity index (χ0) is 34.0. The molecule has 0 bridgehead atoms. The molecule has 3 aromatic rings. The van der Waals surface area contributed by atoms with Crippen molar-refractivity contribution in [1.82, 2.24) is 20.2 Å². The monoisotopic (exact) mass is 686 g/mol. The van der Waals surface area contributed by atoms with E-state index in [-0.39, 0.29) is 43.1 Å². The van der Waals surface area contributed by atoms with Crippen LogP contribution in [0.15, 0.2) is 53.9 Å². The van der Waals surface area contributed by atoms with E-state index in [2.05, 4.69) is 5.32 Å². The van der Waals surface area contributed by atoms with Crippen LogP contribution in [0.3, 0.4) is 0 Å². The molecule has 4 heterocycles. The van der Waals surface area contributed by atoms with Crippen molar-refractivity contribution in [2.45, 2.75) is 101 Å². The van der Waals surface area contributed by atoms with E-state index in [1.54, 1.807) is 0 Å². The minimum absolute atomic E-state index is 0.0763. The predicted octanol–water partition coefficient (Wildman–Crippen LogP) is 6.31.